The third-order valence-corrected chi connectivity index (χ3v) is 13.1. The van der Waals surface area contributed by atoms with Crippen LogP contribution < -0.4 is 22.1 Å². The predicted molar refractivity (Wildman–Crippen MR) is 249 cm³/mol. The summed E-state index contributed by atoms with van der Waals surface area (Å²) in [6.07, 6.45) is 12.2. The van der Waals surface area contributed by atoms with E-state index in [1.165, 1.54) is 0 Å². The summed E-state index contributed by atoms with van der Waals surface area (Å²) in [7, 11) is 0. The van der Waals surface area contributed by atoms with E-state index < -0.39 is 29.7 Å². The van der Waals surface area contributed by atoms with E-state index in [1.54, 1.807) is 24.4 Å². The van der Waals surface area contributed by atoms with Crippen LogP contribution in [0.15, 0.2) is 97.2 Å². The van der Waals surface area contributed by atoms with E-state index in [1.807, 2.05) is 34.9 Å². The predicted octanol–water partition coefficient (Wildman–Crippen LogP) is 7.82. The van der Waals surface area contributed by atoms with Gasteiger partial charge in [0.05, 0.1) is 22.4 Å². The number of fused-ring (bicyclic) bond motifs is 2. The number of nitrogens with one attached hydrogen (secondary N) is 2. The molecular weight excluding hydrogens is 819 g/mol. The topological polar surface area (TPSA) is 208 Å². The largest absolute Gasteiger partial charge is 0.384 e. The lowest BCUT2D eigenvalue weighted by Crippen LogP contribution is -2.54. The van der Waals surface area contributed by atoms with Crippen LogP contribution >= 0.6 is 0 Å². The molecule has 1 aliphatic carbocycles. The molecule has 1 saturated carbocycles. The molecule has 2 fully saturated rings. The van der Waals surface area contributed by atoms with Crippen LogP contribution in [-0.2, 0) is 26.3 Å². The maximum Gasteiger partial charge on any atom is 0.264 e. The molecule has 14 nitrogen and oxygen atoms in total. The first-order valence-corrected chi connectivity index (χ1v) is 22.8. The average molecular weight is 872 g/mol. The number of carbonyl (C=O) groups is 5. The van der Waals surface area contributed by atoms with Gasteiger partial charge in [-0.25, -0.2) is 15.0 Å². The van der Waals surface area contributed by atoms with Crippen molar-refractivity contribution in [2.75, 3.05) is 17.6 Å². The summed E-state index contributed by atoms with van der Waals surface area (Å²) in [4.78, 5) is 78.9. The van der Waals surface area contributed by atoms with Gasteiger partial charge in [0.15, 0.2) is 11.5 Å². The number of benzene rings is 3. The lowest BCUT2D eigenvalue weighted by molar-refractivity contribution is -0.136. The first kappa shape index (κ1) is 43.2. The lowest BCUT2D eigenvalue weighted by atomic mass is 9.73. The number of Topliss-reactive ketones (excluding diaryl/α,β-unsaturated/α-hetero) is 1. The number of amides is 4. The Kier molecular flexibility index (Phi) is 12.3. The highest BCUT2D eigenvalue weighted by Crippen LogP contribution is 2.40. The van der Waals surface area contributed by atoms with Crippen molar-refractivity contribution in [1.29, 1.82) is 0 Å². The molecule has 3 aromatic carbocycles. The molecule has 65 heavy (non-hydrogen) atoms. The Morgan fingerprint density at radius 1 is 0.815 bits per heavy atom. The summed E-state index contributed by atoms with van der Waals surface area (Å²) in [6, 6.07) is 28.6. The molecule has 9 rings (SSSR count). The van der Waals surface area contributed by atoms with E-state index in [-0.39, 0.29) is 35.3 Å². The molecule has 0 radical (unpaired) electrons. The van der Waals surface area contributed by atoms with Crippen LogP contribution in [0.4, 0.5) is 11.5 Å². The number of nitrogens with zero attached hydrogens (tertiary/aromatic N) is 5. The first-order chi connectivity index (χ1) is 31.6. The summed E-state index contributed by atoms with van der Waals surface area (Å²) in [5.74, 6) is -0.742. The second kappa shape index (κ2) is 18.6. The molecule has 14 heteroatoms. The Morgan fingerprint density at radius 2 is 1.58 bits per heavy atom. The molecule has 2 aliphatic heterocycles. The third-order valence-electron chi connectivity index (χ3n) is 13.1. The van der Waals surface area contributed by atoms with Crippen molar-refractivity contribution < 1.29 is 24.0 Å². The van der Waals surface area contributed by atoms with Crippen molar-refractivity contribution in [3.05, 3.63) is 119 Å². The molecule has 1 unspecified atom stereocenters. The highest BCUT2D eigenvalue weighted by atomic mass is 16.2. The second-order valence-electron chi connectivity index (χ2n) is 17.5. The van der Waals surface area contributed by atoms with Crippen LogP contribution in [0.5, 0.6) is 0 Å². The number of nitrogen functional groups attached to an aromatic ring is 1. The minimum absolute atomic E-state index is 0.0756. The van der Waals surface area contributed by atoms with Crippen LogP contribution in [0.3, 0.4) is 0 Å². The summed E-state index contributed by atoms with van der Waals surface area (Å²) in [6.45, 7) is 0.610. The quantitative estimate of drug-likeness (QED) is 0.0484. The average Bonchev–Trinajstić information content (AvgIpc) is 3.80. The number of pyridine rings is 2. The van der Waals surface area contributed by atoms with Gasteiger partial charge in [-0.1, -0.05) is 55.7 Å². The number of piperidine rings is 1. The minimum Gasteiger partial charge on any atom is -0.384 e. The van der Waals surface area contributed by atoms with Gasteiger partial charge in [-0.05, 0) is 117 Å². The smallest absolute Gasteiger partial charge is 0.264 e. The van der Waals surface area contributed by atoms with Gasteiger partial charge in [-0.3, -0.25) is 38.8 Å². The fraction of sp³-hybridized carbons (Fsp3) is 0.333. The number of anilines is 2. The minimum atomic E-state index is -0.998. The second-order valence-corrected chi connectivity index (χ2v) is 17.5. The Morgan fingerprint density at radius 3 is 2.37 bits per heavy atom. The van der Waals surface area contributed by atoms with E-state index in [9.17, 15) is 24.0 Å². The number of carbonyl (C=O) groups excluding carboxylic acids is 5. The van der Waals surface area contributed by atoms with Gasteiger partial charge in [0.1, 0.15) is 23.2 Å². The van der Waals surface area contributed by atoms with Crippen LogP contribution in [0.25, 0.3) is 39.5 Å². The number of imide groups is 2. The number of rotatable bonds is 18. The summed E-state index contributed by atoms with van der Waals surface area (Å²) >= 11 is 0. The van der Waals surface area contributed by atoms with E-state index >= 15 is 0 Å². The molecule has 6 N–H and O–H groups in total. The van der Waals surface area contributed by atoms with Crippen molar-refractivity contribution in [1.82, 2.24) is 29.7 Å². The van der Waals surface area contributed by atoms with Gasteiger partial charge < -0.3 is 16.8 Å². The van der Waals surface area contributed by atoms with Crippen molar-refractivity contribution in [2.45, 2.75) is 101 Å². The monoisotopic (exact) mass is 871 g/mol. The van der Waals surface area contributed by atoms with E-state index in [4.69, 9.17) is 21.4 Å². The fourth-order valence-corrected chi connectivity index (χ4v) is 9.30. The van der Waals surface area contributed by atoms with Gasteiger partial charge in [-0.15, -0.1) is 0 Å². The van der Waals surface area contributed by atoms with Gasteiger partial charge in [0.25, 0.3) is 11.8 Å². The standard InChI is InChI=1S/C51H53N9O5/c52-45-38(17-9-30-55-45)46-57-41-24-23-39(56-47(41)59(46)35-21-19-34(20-22-35)51(53)27-10-28-51)33-13-6-11-32(31-33)12-7-15-36(61)14-4-2-1-3-5-29-54-40-18-8-16-37-44(40)50(65)60(49(37)64)42-25-26-43(62)58-48(42)63/h6,8-9,11,13,16-24,30-31,42,54H,1-5,7,10,12,14-15,25-29,53H2,(H2,52,55)(H,58,62,63). The van der Waals surface area contributed by atoms with Crippen molar-refractivity contribution >= 4 is 52.1 Å². The molecule has 1 atom stereocenters. The Bertz CT molecular complexity index is 2810. The zero-order chi connectivity index (χ0) is 45.1. The fourth-order valence-electron chi connectivity index (χ4n) is 9.30. The van der Waals surface area contributed by atoms with E-state index in [2.05, 4.69) is 58.1 Å². The summed E-state index contributed by atoms with van der Waals surface area (Å²) in [5.41, 5.74) is 21.0. The molecule has 5 heterocycles. The van der Waals surface area contributed by atoms with Crippen LogP contribution in [0.1, 0.15) is 115 Å². The van der Waals surface area contributed by atoms with Crippen molar-refractivity contribution in [3.8, 4) is 28.3 Å². The van der Waals surface area contributed by atoms with Gasteiger partial charge in [0, 0.05) is 54.5 Å². The molecule has 0 bridgehead atoms. The van der Waals surface area contributed by atoms with Crippen LogP contribution in [-0.4, -0.2) is 66.4 Å². The number of nitrogens with two attached hydrogens (primary N) is 2. The maximum absolute atomic E-state index is 13.3. The number of hydrogen-bond donors (Lipinski definition) is 4. The van der Waals surface area contributed by atoms with Crippen LogP contribution in [0, 0.1) is 0 Å². The SMILES string of the molecule is Nc1ncccc1-c1nc2ccc(-c3cccc(CCCC(=O)CCCCCCCNc4cccc5c4C(=O)N(C4CCC(=O)NC4=O)C5=O)c3)nc2n1-c1ccc(C2(N)CCC2)cc1. The Balaban J connectivity index is 0.746. The van der Waals surface area contributed by atoms with Crippen LogP contribution in [0.2, 0.25) is 0 Å². The molecule has 6 aromatic rings. The maximum atomic E-state index is 13.3. The van der Waals surface area contributed by atoms with Crippen molar-refractivity contribution in [3.63, 3.8) is 0 Å². The highest BCUT2D eigenvalue weighted by molar-refractivity contribution is 6.25. The number of hydrogen-bond acceptors (Lipinski definition) is 11. The number of aromatic nitrogens is 4. The highest BCUT2D eigenvalue weighted by Gasteiger charge is 2.45. The molecule has 3 aliphatic rings. The summed E-state index contributed by atoms with van der Waals surface area (Å²) in [5, 5.41) is 5.53. The molecule has 332 valence electrons. The van der Waals surface area contributed by atoms with Gasteiger partial charge in [0.2, 0.25) is 11.8 Å². The molecule has 4 amide bonds. The molecular formula is C51H53N9O5. The zero-order valence-electron chi connectivity index (χ0n) is 36.4. The third kappa shape index (κ3) is 8.90. The number of ketones is 1. The molecule has 3 aromatic heterocycles. The Hall–Kier alpha value is -7.06. The first-order valence-electron chi connectivity index (χ1n) is 22.8. The normalized spacial score (nSPS) is 16.7. The summed E-state index contributed by atoms with van der Waals surface area (Å²) < 4.78 is 2.04. The van der Waals surface area contributed by atoms with Gasteiger partial charge in [-0.2, -0.15) is 0 Å². The number of unbranched alkanes of at least 4 members (excludes halogenated alkanes) is 4. The Labute approximate surface area is 377 Å². The molecule has 1 saturated heterocycles. The number of imidazole rings is 1. The zero-order valence-corrected chi connectivity index (χ0v) is 36.4. The van der Waals surface area contributed by atoms with Gasteiger partial charge >= 0.3 is 0 Å². The molecule has 0 spiro atoms. The van der Waals surface area contributed by atoms with E-state index in [0.717, 1.165) is 108 Å². The van der Waals surface area contributed by atoms with E-state index in [0.29, 0.717) is 42.4 Å². The lowest BCUT2D eigenvalue weighted by Gasteiger charge is -2.38. The number of aryl methyl sites for hydroxylation is 1. The van der Waals surface area contributed by atoms with Crippen molar-refractivity contribution in [2.24, 2.45) is 5.73 Å².